The first-order valence-corrected chi connectivity index (χ1v) is 6.05. The minimum absolute atomic E-state index is 0.0568. The van der Waals surface area contributed by atoms with E-state index in [1.807, 2.05) is 6.07 Å². The van der Waals surface area contributed by atoms with Crippen LogP contribution >= 0.6 is 0 Å². The topological polar surface area (TPSA) is 21.3 Å². The van der Waals surface area contributed by atoms with E-state index in [0.29, 0.717) is 5.92 Å². The zero-order chi connectivity index (χ0) is 11.6. The second kappa shape index (κ2) is 4.56. The molecular weight excluding hydrogens is 198 g/mol. The van der Waals surface area contributed by atoms with E-state index in [-0.39, 0.29) is 11.7 Å². The van der Waals surface area contributed by atoms with Gasteiger partial charge in [-0.05, 0) is 18.4 Å². The summed E-state index contributed by atoms with van der Waals surface area (Å²) in [6.07, 6.45) is 0.183. The fourth-order valence-electron chi connectivity index (χ4n) is 2.05. The summed E-state index contributed by atoms with van der Waals surface area (Å²) in [6, 6.07) is 10.5. The lowest BCUT2D eigenvalue weighted by molar-refractivity contribution is -0.132. The van der Waals surface area contributed by atoms with Crippen LogP contribution in [0.1, 0.15) is 32.4 Å². The lowest BCUT2D eigenvalue weighted by Crippen LogP contribution is -2.52. The molecule has 0 amide bonds. The van der Waals surface area contributed by atoms with Crippen molar-refractivity contribution in [2.75, 3.05) is 13.1 Å². The van der Waals surface area contributed by atoms with Crippen LogP contribution in [-0.2, 0) is 4.74 Å². The van der Waals surface area contributed by atoms with Gasteiger partial charge in [0.1, 0.15) is 0 Å². The Hall–Kier alpha value is -0.860. The van der Waals surface area contributed by atoms with Crippen molar-refractivity contribution >= 4 is 0 Å². The van der Waals surface area contributed by atoms with E-state index in [2.05, 4.69) is 50.4 Å². The van der Waals surface area contributed by atoms with Crippen LogP contribution in [0, 0.1) is 5.92 Å². The predicted molar refractivity (Wildman–Crippen MR) is 66.4 cm³/mol. The number of hydrogen-bond donors (Lipinski definition) is 1. The Labute approximate surface area is 98.0 Å². The van der Waals surface area contributed by atoms with Gasteiger partial charge in [-0.3, -0.25) is 0 Å². The molecule has 16 heavy (non-hydrogen) atoms. The molecule has 0 aromatic heterocycles. The van der Waals surface area contributed by atoms with Crippen LogP contribution in [0.25, 0.3) is 0 Å². The van der Waals surface area contributed by atoms with Crippen molar-refractivity contribution in [3.8, 4) is 0 Å². The Balaban J connectivity index is 2.14. The molecule has 1 fully saturated rings. The van der Waals surface area contributed by atoms with E-state index in [1.165, 1.54) is 5.56 Å². The number of benzene rings is 1. The van der Waals surface area contributed by atoms with Crippen LogP contribution < -0.4 is 5.32 Å². The van der Waals surface area contributed by atoms with Gasteiger partial charge >= 0.3 is 0 Å². The van der Waals surface area contributed by atoms with E-state index >= 15 is 0 Å². The van der Waals surface area contributed by atoms with E-state index in [1.54, 1.807) is 0 Å². The van der Waals surface area contributed by atoms with Gasteiger partial charge in [-0.1, -0.05) is 44.2 Å². The third-order valence-corrected chi connectivity index (χ3v) is 3.61. The maximum Gasteiger partial charge on any atom is 0.0957 e. The van der Waals surface area contributed by atoms with Gasteiger partial charge in [0.2, 0.25) is 0 Å². The van der Waals surface area contributed by atoms with Crippen LogP contribution in [0.5, 0.6) is 0 Å². The standard InChI is InChI=1S/C14H21NO/c1-11(2)14(3)10-15-9-13(16-14)12-7-5-4-6-8-12/h4-8,11,13,15H,9-10H2,1-3H3. The van der Waals surface area contributed by atoms with Crippen LogP contribution in [0.15, 0.2) is 30.3 Å². The highest BCUT2D eigenvalue weighted by molar-refractivity contribution is 5.18. The molecule has 1 saturated heterocycles. The van der Waals surface area contributed by atoms with Gasteiger partial charge in [0.15, 0.2) is 0 Å². The molecule has 1 aromatic rings. The summed E-state index contributed by atoms with van der Waals surface area (Å²) >= 11 is 0. The van der Waals surface area contributed by atoms with Crippen LogP contribution in [0.2, 0.25) is 0 Å². The largest absolute Gasteiger partial charge is 0.364 e. The van der Waals surface area contributed by atoms with Gasteiger partial charge in [0, 0.05) is 13.1 Å². The monoisotopic (exact) mass is 219 g/mol. The Morgan fingerprint density at radius 1 is 1.31 bits per heavy atom. The summed E-state index contributed by atoms with van der Waals surface area (Å²) in [5, 5.41) is 3.48. The molecule has 2 unspecified atom stereocenters. The van der Waals surface area contributed by atoms with Crippen LogP contribution in [0.4, 0.5) is 0 Å². The summed E-state index contributed by atoms with van der Waals surface area (Å²) in [5.41, 5.74) is 1.21. The zero-order valence-corrected chi connectivity index (χ0v) is 10.4. The molecule has 0 spiro atoms. The fourth-order valence-corrected chi connectivity index (χ4v) is 2.05. The number of rotatable bonds is 2. The molecule has 2 atom stereocenters. The number of ether oxygens (including phenoxy) is 1. The predicted octanol–water partition coefficient (Wildman–Crippen LogP) is 2.76. The van der Waals surface area contributed by atoms with Crippen molar-refractivity contribution in [1.82, 2.24) is 5.32 Å². The normalized spacial score (nSPS) is 30.6. The molecule has 0 saturated carbocycles. The highest BCUT2D eigenvalue weighted by atomic mass is 16.5. The molecule has 88 valence electrons. The first kappa shape index (κ1) is 11.6. The first-order chi connectivity index (χ1) is 7.62. The first-order valence-electron chi connectivity index (χ1n) is 6.05. The maximum absolute atomic E-state index is 6.26. The molecule has 0 aliphatic carbocycles. The number of hydrogen-bond acceptors (Lipinski definition) is 2. The molecule has 0 radical (unpaired) electrons. The maximum atomic E-state index is 6.26. The summed E-state index contributed by atoms with van der Waals surface area (Å²) in [6.45, 7) is 8.48. The van der Waals surface area contributed by atoms with Gasteiger partial charge < -0.3 is 10.1 Å². The molecule has 1 aromatic carbocycles. The zero-order valence-electron chi connectivity index (χ0n) is 10.4. The Bertz CT molecular complexity index is 336. The Morgan fingerprint density at radius 3 is 2.62 bits per heavy atom. The van der Waals surface area contributed by atoms with Crippen molar-refractivity contribution in [2.45, 2.75) is 32.5 Å². The SMILES string of the molecule is CC(C)C1(C)CNCC(c2ccccc2)O1. The lowest BCUT2D eigenvalue weighted by Gasteiger charge is -2.42. The quantitative estimate of drug-likeness (QED) is 0.826. The molecule has 2 rings (SSSR count). The average Bonchev–Trinajstić information content (AvgIpc) is 2.30. The fraction of sp³-hybridized carbons (Fsp3) is 0.571. The van der Waals surface area contributed by atoms with E-state index < -0.39 is 0 Å². The van der Waals surface area contributed by atoms with E-state index in [0.717, 1.165) is 13.1 Å². The van der Waals surface area contributed by atoms with E-state index in [4.69, 9.17) is 4.74 Å². The number of morpholine rings is 1. The van der Waals surface area contributed by atoms with Crippen molar-refractivity contribution in [1.29, 1.82) is 0 Å². The van der Waals surface area contributed by atoms with Crippen molar-refractivity contribution in [3.05, 3.63) is 35.9 Å². The summed E-state index contributed by atoms with van der Waals surface area (Å²) in [4.78, 5) is 0. The van der Waals surface area contributed by atoms with Crippen molar-refractivity contribution < 1.29 is 4.74 Å². The molecule has 1 aliphatic heterocycles. The second-order valence-electron chi connectivity index (χ2n) is 5.12. The second-order valence-corrected chi connectivity index (χ2v) is 5.12. The summed E-state index contributed by atoms with van der Waals surface area (Å²) in [5.74, 6) is 0.520. The Morgan fingerprint density at radius 2 is 2.00 bits per heavy atom. The van der Waals surface area contributed by atoms with Gasteiger partial charge in [-0.15, -0.1) is 0 Å². The Kier molecular flexibility index (Phi) is 3.31. The van der Waals surface area contributed by atoms with Crippen LogP contribution in [0.3, 0.4) is 0 Å². The van der Waals surface area contributed by atoms with Crippen molar-refractivity contribution in [2.24, 2.45) is 5.92 Å². The third-order valence-electron chi connectivity index (χ3n) is 3.61. The van der Waals surface area contributed by atoms with Gasteiger partial charge in [0.25, 0.3) is 0 Å². The lowest BCUT2D eigenvalue weighted by atomic mass is 9.90. The van der Waals surface area contributed by atoms with E-state index in [9.17, 15) is 0 Å². The summed E-state index contributed by atoms with van der Waals surface area (Å²) in [7, 11) is 0. The molecule has 1 heterocycles. The smallest absolute Gasteiger partial charge is 0.0957 e. The van der Waals surface area contributed by atoms with Gasteiger partial charge in [-0.2, -0.15) is 0 Å². The highest BCUT2D eigenvalue weighted by Crippen LogP contribution is 2.31. The highest BCUT2D eigenvalue weighted by Gasteiger charge is 2.35. The third kappa shape index (κ3) is 2.28. The minimum atomic E-state index is -0.0568. The van der Waals surface area contributed by atoms with Gasteiger partial charge in [-0.25, -0.2) is 0 Å². The van der Waals surface area contributed by atoms with Gasteiger partial charge in [0.05, 0.1) is 11.7 Å². The van der Waals surface area contributed by atoms with Crippen molar-refractivity contribution in [3.63, 3.8) is 0 Å². The number of nitrogens with one attached hydrogen (secondary N) is 1. The summed E-state index contributed by atoms with van der Waals surface area (Å²) < 4.78 is 6.26. The molecular formula is C14H21NO. The molecule has 2 heteroatoms. The minimum Gasteiger partial charge on any atom is -0.364 e. The molecule has 0 bridgehead atoms. The molecule has 2 nitrogen and oxygen atoms in total. The molecule has 1 N–H and O–H groups in total. The average molecular weight is 219 g/mol. The van der Waals surface area contributed by atoms with Crippen LogP contribution in [-0.4, -0.2) is 18.7 Å². The molecule has 1 aliphatic rings.